The largest absolute Gasteiger partial charge is 0.542 e. The van der Waals surface area contributed by atoms with E-state index in [0.717, 1.165) is 11.1 Å². The lowest BCUT2D eigenvalue weighted by atomic mass is 10.1. The van der Waals surface area contributed by atoms with E-state index < -0.39 is 12.1 Å². The number of pyridine rings is 1. The molecule has 6 nitrogen and oxygen atoms in total. The van der Waals surface area contributed by atoms with Crippen LogP contribution >= 0.6 is 0 Å². The first-order chi connectivity index (χ1) is 9.62. The van der Waals surface area contributed by atoms with Crippen molar-refractivity contribution >= 4 is 22.4 Å². The zero-order valence-electron chi connectivity index (χ0n) is 10.6. The van der Waals surface area contributed by atoms with E-state index in [2.05, 4.69) is 4.98 Å². The number of nitrogens with zero attached hydrogens (tertiary/aromatic N) is 1. The maximum absolute atomic E-state index is 10.7. The zero-order valence-corrected chi connectivity index (χ0v) is 10.6. The summed E-state index contributed by atoms with van der Waals surface area (Å²) in [4.78, 5) is 22.2. The number of aromatic nitrogens is 1. The van der Waals surface area contributed by atoms with Gasteiger partial charge in [0.2, 0.25) is 0 Å². The van der Waals surface area contributed by atoms with Crippen LogP contribution in [-0.4, -0.2) is 17.1 Å². The van der Waals surface area contributed by atoms with E-state index >= 15 is 0 Å². The van der Waals surface area contributed by atoms with Crippen LogP contribution in [0.5, 0.6) is 0 Å². The summed E-state index contributed by atoms with van der Waals surface area (Å²) in [5.74, 6) is -3.01. The first-order valence-electron chi connectivity index (χ1n) is 5.46. The highest BCUT2D eigenvalue weighted by molar-refractivity contribution is 5.89. The summed E-state index contributed by atoms with van der Waals surface area (Å²) in [5.41, 5.74) is 1.06. The van der Waals surface area contributed by atoms with Crippen molar-refractivity contribution in [1.82, 2.24) is 0 Å². The number of alkyl halides is 3. The maximum Gasteiger partial charge on any atom is 0.430 e. The molecule has 0 aliphatic heterocycles. The van der Waals surface area contributed by atoms with Crippen LogP contribution in [0.25, 0.3) is 10.8 Å². The number of rotatable bonds is 1. The number of nitro benzene ring substituents is 1. The van der Waals surface area contributed by atoms with E-state index in [-0.39, 0.29) is 10.6 Å². The lowest BCUT2D eigenvalue weighted by molar-refractivity contribution is -0.387. The Bertz CT molecular complexity index is 686. The number of hydrogen-bond donors (Lipinski definition) is 0. The summed E-state index contributed by atoms with van der Waals surface area (Å²) in [5, 5.41) is 21.0. The summed E-state index contributed by atoms with van der Waals surface area (Å²) < 4.78 is 31.5. The Labute approximate surface area is 116 Å². The summed E-state index contributed by atoms with van der Waals surface area (Å²) in [6.45, 7) is 1.87. The van der Waals surface area contributed by atoms with Gasteiger partial charge in [-0.3, -0.25) is 10.1 Å². The summed E-state index contributed by atoms with van der Waals surface area (Å²) in [6.07, 6.45) is -3.42. The van der Waals surface area contributed by atoms with Crippen molar-refractivity contribution in [3.05, 3.63) is 46.3 Å². The van der Waals surface area contributed by atoms with E-state index in [9.17, 15) is 23.3 Å². The molecule has 0 atom stereocenters. The Morgan fingerprint density at radius 1 is 1.33 bits per heavy atom. The van der Waals surface area contributed by atoms with Gasteiger partial charge in [-0.1, -0.05) is 6.07 Å². The lowest BCUT2D eigenvalue weighted by Crippen LogP contribution is -2.37. The molecule has 0 saturated heterocycles. The SMILES string of the molecule is Cc1cc2c([N+](=O)[O-])cccc2c[nH+]1.O=C([O-])C(F)(F)F. The summed E-state index contributed by atoms with van der Waals surface area (Å²) in [7, 11) is 0. The molecule has 9 heteroatoms. The van der Waals surface area contributed by atoms with Crippen LogP contribution < -0.4 is 10.1 Å². The van der Waals surface area contributed by atoms with Gasteiger partial charge >= 0.3 is 6.18 Å². The Morgan fingerprint density at radius 3 is 2.38 bits per heavy atom. The number of benzene rings is 1. The fourth-order valence-electron chi connectivity index (χ4n) is 1.46. The van der Waals surface area contributed by atoms with E-state index in [1.165, 1.54) is 6.07 Å². The summed E-state index contributed by atoms with van der Waals surface area (Å²) in [6, 6.07) is 6.83. The van der Waals surface area contributed by atoms with E-state index in [0.29, 0.717) is 5.39 Å². The van der Waals surface area contributed by atoms with Crippen LogP contribution in [-0.2, 0) is 4.79 Å². The molecule has 21 heavy (non-hydrogen) atoms. The van der Waals surface area contributed by atoms with Crippen LogP contribution in [0, 0.1) is 17.0 Å². The molecule has 0 unspecified atom stereocenters. The van der Waals surface area contributed by atoms with Gasteiger partial charge in [0.25, 0.3) is 5.69 Å². The van der Waals surface area contributed by atoms with Gasteiger partial charge in [0.05, 0.1) is 15.7 Å². The Hall–Kier alpha value is -2.71. The molecule has 0 fully saturated rings. The Balaban J connectivity index is 0.000000270. The number of carbonyl (C=O) groups excluding carboxylic acids is 1. The van der Waals surface area contributed by atoms with Gasteiger partial charge in [-0.25, -0.2) is 4.98 Å². The van der Waals surface area contributed by atoms with Gasteiger partial charge in [-0.05, 0) is 6.07 Å². The number of non-ortho nitro benzene ring substituents is 1. The molecule has 1 aromatic heterocycles. The zero-order chi connectivity index (χ0) is 16.2. The second kappa shape index (κ2) is 6.16. The number of halogens is 3. The molecule has 2 aromatic rings. The number of aryl methyl sites for hydroxylation is 1. The number of carboxylic acid groups (broad SMARTS) is 1. The average Bonchev–Trinajstić information content (AvgIpc) is 2.37. The number of carbonyl (C=O) groups is 1. The predicted octanol–water partition coefficient (Wildman–Crippen LogP) is 1.17. The minimum Gasteiger partial charge on any atom is -0.542 e. The second-order valence-corrected chi connectivity index (χ2v) is 3.94. The highest BCUT2D eigenvalue weighted by Crippen LogP contribution is 2.23. The highest BCUT2D eigenvalue weighted by Gasteiger charge is 2.28. The highest BCUT2D eigenvalue weighted by atomic mass is 19.4. The molecular weight excluding hydrogens is 293 g/mol. The van der Waals surface area contributed by atoms with Gasteiger partial charge < -0.3 is 9.90 Å². The van der Waals surface area contributed by atoms with Crippen molar-refractivity contribution in [2.75, 3.05) is 0 Å². The van der Waals surface area contributed by atoms with E-state index in [1.54, 1.807) is 18.3 Å². The molecule has 0 saturated carbocycles. The minimum absolute atomic E-state index is 0.152. The van der Waals surface area contributed by atoms with Crippen molar-refractivity contribution in [3.8, 4) is 0 Å². The standard InChI is InChI=1S/C10H8N2O2.C2HF3O2/c1-7-5-9-8(6-11-7)3-2-4-10(9)12(13)14;3-2(4,5)1(6)7/h2-6H,1H3;(H,6,7). The monoisotopic (exact) mass is 302 g/mol. The molecule has 0 bridgehead atoms. The van der Waals surface area contributed by atoms with Gasteiger partial charge in [-0.15, -0.1) is 0 Å². The van der Waals surface area contributed by atoms with Crippen LogP contribution in [0.15, 0.2) is 30.5 Å². The molecular formula is C12H9F3N2O4. The summed E-state index contributed by atoms with van der Waals surface area (Å²) >= 11 is 0. The van der Waals surface area contributed by atoms with E-state index in [4.69, 9.17) is 9.90 Å². The topological polar surface area (TPSA) is 97.4 Å². The lowest BCUT2D eigenvalue weighted by Gasteiger charge is -2.03. The third-order valence-corrected chi connectivity index (χ3v) is 2.36. The predicted molar refractivity (Wildman–Crippen MR) is 63.0 cm³/mol. The number of nitro groups is 1. The van der Waals surface area contributed by atoms with Crippen molar-refractivity contribution < 1.29 is 33.0 Å². The van der Waals surface area contributed by atoms with E-state index in [1.807, 2.05) is 13.0 Å². The van der Waals surface area contributed by atoms with Crippen LogP contribution in [0.1, 0.15) is 5.69 Å². The average molecular weight is 302 g/mol. The Morgan fingerprint density at radius 2 is 1.90 bits per heavy atom. The molecule has 0 aliphatic rings. The quantitative estimate of drug-likeness (QED) is 0.583. The van der Waals surface area contributed by atoms with Gasteiger partial charge in [-0.2, -0.15) is 13.2 Å². The van der Waals surface area contributed by atoms with Crippen molar-refractivity contribution in [2.24, 2.45) is 0 Å². The Kier molecular flexibility index (Phi) is 4.79. The van der Waals surface area contributed by atoms with Crippen LogP contribution in [0.2, 0.25) is 0 Å². The molecule has 0 aliphatic carbocycles. The van der Waals surface area contributed by atoms with Crippen molar-refractivity contribution in [3.63, 3.8) is 0 Å². The number of fused-ring (bicyclic) bond motifs is 1. The second-order valence-electron chi connectivity index (χ2n) is 3.94. The van der Waals surface area contributed by atoms with Crippen molar-refractivity contribution in [1.29, 1.82) is 0 Å². The first kappa shape index (κ1) is 16.3. The third kappa shape index (κ3) is 4.41. The number of carboxylic acids is 1. The maximum atomic E-state index is 10.7. The van der Waals surface area contributed by atoms with Crippen LogP contribution in [0.3, 0.4) is 0 Å². The smallest absolute Gasteiger partial charge is 0.430 e. The number of nitrogens with one attached hydrogen (secondary N) is 1. The first-order valence-corrected chi connectivity index (χ1v) is 5.46. The normalized spacial score (nSPS) is 10.7. The third-order valence-electron chi connectivity index (χ3n) is 2.36. The molecule has 2 rings (SSSR count). The van der Waals surface area contributed by atoms with Gasteiger partial charge in [0.15, 0.2) is 11.9 Å². The van der Waals surface area contributed by atoms with Crippen molar-refractivity contribution in [2.45, 2.75) is 13.1 Å². The van der Waals surface area contributed by atoms with Gasteiger partial charge in [0.1, 0.15) is 5.97 Å². The minimum atomic E-state index is -5.19. The fraction of sp³-hybridized carbons (Fsp3) is 0.167. The molecule has 0 radical (unpaired) electrons. The molecule has 1 aromatic carbocycles. The number of aliphatic carboxylic acids is 1. The number of H-pyrrole nitrogens is 1. The van der Waals surface area contributed by atoms with Crippen LogP contribution in [0.4, 0.5) is 18.9 Å². The molecule has 1 N–H and O–H groups in total. The molecule has 112 valence electrons. The fourth-order valence-corrected chi connectivity index (χ4v) is 1.46. The molecule has 0 spiro atoms. The molecule has 1 heterocycles. The molecule has 0 amide bonds. The number of aromatic amines is 1. The van der Waals surface area contributed by atoms with Gasteiger partial charge in [0, 0.05) is 19.1 Å². The number of hydrogen-bond acceptors (Lipinski definition) is 4.